The summed E-state index contributed by atoms with van der Waals surface area (Å²) in [7, 11) is 0. The van der Waals surface area contributed by atoms with E-state index in [9.17, 15) is 4.57 Å². The number of hydrogen-bond donors (Lipinski definition) is 0. The van der Waals surface area contributed by atoms with Gasteiger partial charge in [0.1, 0.15) is 0 Å². The number of benzene rings is 2. The number of hydrogen-bond acceptors (Lipinski definition) is 3. The first kappa shape index (κ1) is 9.08. The summed E-state index contributed by atoms with van der Waals surface area (Å²) in [5.41, 5.74) is 0. The first-order valence-electron chi connectivity index (χ1n) is 4.36. The van der Waals surface area contributed by atoms with Gasteiger partial charge in [0.2, 0.25) is 0 Å². The molecule has 3 nitrogen and oxygen atoms in total. The van der Waals surface area contributed by atoms with Crippen molar-refractivity contribution in [3.05, 3.63) is 36.4 Å². The molecule has 76 valence electrons. The van der Waals surface area contributed by atoms with Gasteiger partial charge in [-0.3, -0.25) is 0 Å². The minimum absolute atomic E-state index is 0.437. The Morgan fingerprint density at radius 2 is 1.47 bits per heavy atom. The van der Waals surface area contributed by atoms with Gasteiger partial charge in [0.05, 0.1) is 0 Å². The molecule has 0 saturated carbocycles. The van der Waals surface area contributed by atoms with Crippen LogP contribution in [-0.2, 0) is 4.57 Å². The first-order chi connectivity index (χ1) is 7.14. The normalized spacial score (nSPS) is 16.9. The summed E-state index contributed by atoms with van der Waals surface area (Å²) in [5.74, 6) is 0.874. The lowest BCUT2D eigenvalue weighted by molar-refractivity contribution is 0.452. The Kier molecular flexibility index (Phi) is 1.76. The van der Waals surface area contributed by atoms with Crippen LogP contribution in [0.3, 0.4) is 0 Å². The van der Waals surface area contributed by atoms with Gasteiger partial charge in [-0.2, -0.15) is 0 Å². The highest BCUT2D eigenvalue weighted by molar-refractivity contribution is 7.82. The molecule has 0 radical (unpaired) electrons. The largest absolute Gasteiger partial charge is 0.530 e. The Morgan fingerprint density at radius 1 is 1.00 bits per heavy atom. The summed E-state index contributed by atoms with van der Waals surface area (Å²) >= 11 is 5.51. The second-order valence-electron chi connectivity index (χ2n) is 3.26. The highest BCUT2D eigenvalue weighted by atomic mass is 35.7. The molecular weight excluding hydrogens is 235 g/mol. The molecule has 0 N–H and O–H groups in total. The lowest BCUT2D eigenvalue weighted by Crippen LogP contribution is -1.80. The molecule has 2 aromatic rings. The average Bonchev–Trinajstić information content (AvgIpc) is 2.46. The maximum Gasteiger partial charge on any atom is 0.530 e. The van der Waals surface area contributed by atoms with Crippen LogP contribution in [0, 0.1) is 0 Å². The van der Waals surface area contributed by atoms with Gasteiger partial charge < -0.3 is 9.05 Å². The van der Waals surface area contributed by atoms with Gasteiger partial charge in [-0.05, 0) is 22.9 Å². The summed E-state index contributed by atoms with van der Waals surface area (Å²) in [6, 6.07) is 11.3. The van der Waals surface area contributed by atoms with Crippen LogP contribution in [0.25, 0.3) is 10.8 Å². The third-order valence-corrected chi connectivity index (χ3v) is 3.47. The van der Waals surface area contributed by atoms with Crippen LogP contribution in [-0.4, -0.2) is 0 Å². The molecular formula is C10H6ClO3P. The first-order valence-corrected chi connectivity index (χ1v) is 6.80. The van der Waals surface area contributed by atoms with E-state index >= 15 is 0 Å². The maximum absolute atomic E-state index is 11.4. The van der Waals surface area contributed by atoms with Crippen molar-refractivity contribution in [3.8, 4) is 11.5 Å². The Morgan fingerprint density at radius 3 is 1.93 bits per heavy atom. The molecule has 0 aromatic heterocycles. The molecule has 0 atom stereocenters. The molecule has 3 rings (SSSR count). The van der Waals surface area contributed by atoms with Crippen LogP contribution in [0.5, 0.6) is 11.5 Å². The van der Waals surface area contributed by atoms with E-state index in [-0.39, 0.29) is 0 Å². The van der Waals surface area contributed by atoms with Crippen LogP contribution < -0.4 is 9.05 Å². The lowest BCUT2D eigenvalue weighted by Gasteiger charge is -1.98. The number of rotatable bonds is 0. The Balaban J connectivity index is 2.27. The quantitative estimate of drug-likeness (QED) is 0.654. The number of fused-ring (bicyclic) bond motifs is 2. The topological polar surface area (TPSA) is 35.5 Å². The predicted molar refractivity (Wildman–Crippen MR) is 58.7 cm³/mol. The predicted octanol–water partition coefficient (Wildman–Crippen LogP) is 3.96. The average molecular weight is 241 g/mol. The van der Waals surface area contributed by atoms with Crippen molar-refractivity contribution in [3.63, 3.8) is 0 Å². The van der Waals surface area contributed by atoms with Gasteiger partial charge in [0.15, 0.2) is 11.5 Å². The second kappa shape index (κ2) is 2.91. The van der Waals surface area contributed by atoms with Crippen LogP contribution in [0.15, 0.2) is 36.4 Å². The fraction of sp³-hybridized carbons (Fsp3) is 0. The Bertz CT molecular complexity index is 548. The minimum atomic E-state index is -3.44. The summed E-state index contributed by atoms with van der Waals surface area (Å²) in [5, 5.41) is 2.00. The minimum Gasteiger partial charge on any atom is -0.401 e. The molecule has 0 amide bonds. The standard InChI is InChI=1S/C10H6ClO3P/c11-15(12)13-9-5-7-3-1-2-4-8(7)6-10(9)14-15/h1-6H. The van der Waals surface area contributed by atoms with Crippen LogP contribution in [0.2, 0.25) is 0 Å². The van der Waals surface area contributed by atoms with E-state index in [1.807, 2.05) is 24.3 Å². The summed E-state index contributed by atoms with van der Waals surface area (Å²) in [4.78, 5) is 0. The van der Waals surface area contributed by atoms with E-state index in [1.165, 1.54) is 0 Å². The molecule has 0 fully saturated rings. The summed E-state index contributed by atoms with van der Waals surface area (Å²) < 4.78 is 21.4. The fourth-order valence-corrected chi connectivity index (χ4v) is 2.83. The van der Waals surface area contributed by atoms with Gasteiger partial charge >= 0.3 is 6.95 Å². The van der Waals surface area contributed by atoms with Crippen molar-refractivity contribution in [2.24, 2.45) is 0 Å². The van der Waals surface area contributed by atoms with Crippen LogP contribution >= 0.6 is 18.2 Å². The highest BCUT2D eigenvalue weighted by Gasteiger charge is 2.34. The smallest absolute Gasteiger partial charge is 0.401 e. The molecule has 0 spiro atoms. The van der Waals surface area contributed by atoms with E-state index < -0.39 is 6.95 Å². The van der Waals surface area contributed by atoms with Gasteiger partial charge in [0, 0.05) is 11.2 Å². The monoisotopic (exact) mass is 240 g/mol. The van der Waals surface area contributed by atoms with Crippen LogP contribution in [0.4, 0.5) is 0 Å². The van der Waals surface area contributed by atoms with Crippen molar-refractivity contribution in [1.82, 2.24) is 0 Å². The van der Waals surface area contributed by atoms with Gasteiger partial charge in [-0.15, -0.1) is 0 Å². The van der Waals surface area contributed by atoms with E-state index in [1.54, 1.807) is 12.1 Å². The van der Waals surface area contributed by atoms with Crippen LogP contribution in [0.1, 0.15) is 0 Å². The fourth-order valence-electron chi connectivity index (χ4n) is 1.59. The highest BCUT2D eigenvalue weighted by Crippen LogP contribution is 2.62. The summed E-state index contributed by atoms with van der Waals surface area (Å²) in [6.45, 7) is -3.44. The molecule has 0 bridgehead atoms. The zero-order valence-electron chi connectivity index (χ0n) is 7.51. The van der Waals surface area contributed by atoms with Crippen molar-refractivity contribution in [2.45, 2.75) is 0 Å². The van der Waals surface area contributed by atoms with Gasteiger partial charge in [-0.25, -0.2) is 4.57 Å². The van der Waals surface area contributed by atoms with E-state index in [2.05, 4.69) is 0 Å². The lowest BCUT2D eigenvalue weighted by atomic mass is 10.1. The van der Waals surface area contributed by atoms with E-state index in [0.717, 1.165) is 10.8 Å². The van der Waals surface area contributed by atoms with E-state index in [4.69, 9.17) is 20.3 Å². The SMILES string of the molecule is O=P1(Cl)Oc2cc3ccccc3cc2O1. The zero-order valence-corrected chi connectivity index (χ0v) is 9.16. The molecule has 15 heavy (non-hydrogen) atoms. The second-order valence-corrected chi connectivity index (χ2v) is 5.73. The van der Waals surface area contributed by atoms with Gasteiger partial charge in [0.25, 0.3) is 0 Å². The molecule has 1 aliphatic heterocycles. The Hall–Kier alpha value is -1.18. The van der Waals surface area contributed by atoms with Crippen molar-refractivity contribution in [1.29, 1.82) is 0 Å². The van der Waals surface area contributed by atoms with Crippen molar-refractivity contribution in [2.75, 3.05) is 0 Å². The summed E-state index contributed by atoms with van der Waals surface area (Å²) in [6.07, 6.45) is 0. The number of halogens is 1. The van der Waals surface area contributed by atoms with Crippen molar-refractivity contribution < 1.29 is 13.6 Å². The Labute approximate surface area is 90.9 Å². The molecule has 2 aromatic carbocycles. The third kappa shape index (κ3) is 1.48. The molecule has 0 saturated heterocycles. The maximum atomic E-state index is 11.4. The zero-order chi connectivity index (χ0) is 10.5. The van der Waals surface area contributed by atoms with Gasteiger partial charge in [-0.1, -0.05) is 24.3 Å². The third-order valence-electron chi connectivity index (χ3n) is 2.23. The van der Waals surface area contributed by atoms with Crippen molar-refractivity contribution >= 4 is 29.0 Å². The van der Waals surface area contributed by atoms with E-state index in [0.29, 0.717) is 11.5 Å². The molecule has 1 heterocycles. The molecule has 0 unspecified atom stereocenters. The molecule has 1 aliphatic rings. The molecule has 0 aliphatic carbocycles. The molecule has 5 heteroatoms.